The Bertz CT molecular complexity index is 1300. The zero-order valence-electron chi connectivity index (χ0n) is 21.2. The van der Waals surface area contributed by atoms with Crippen molar-refractivity contribution in [1.29, 1.82) is 0 Å². The standard InChI is InChI=1S/C30H32BFO5/c1-3-6-19-15-22-28(30(35)21-8-5-4-7-20(21)29(22)34)23-16-31(36)37-26(27(19)23)12-9-17(2)13-18-10-11-25(33)24(32)14-18/h4-5,7-8,10-11,13-14,22-23,26,28,33,36H,3,6,9,12,15-16H2,1-2H3/b17-13+/t22-,23+,26-,28-/m1/s1. The highest BCUT2D eigenvalue weighted by Crippen LogP contribution is 2.51. The Morgan fingerprint density at radius 3 is 2.57 bits per heavy atom. The number of aromatic hydroxyl groups is 1. The summed E-state index contributed by atoms with van der Waals surface area (Å²) in [5.74, 6) is -2.11. The highest BCUT2D eigenvalue weighted by molar-refractivity contribution is 6.43. The van der Waals surface area contributed by atoms with Crippen LogP contribution in [0.2, 0.25) is 6.32 Å². The average molecular weight is 502 g/mol. The second kappa shape index (κ2) is 10.4. The molecule has 1 saturated heterocycles. The number of fused-ring (bicyclic) bond motifs is 4. The zero-order chi connectivity index (χ0) is 26.3. The summed E-state index contributed by atoms with van der Waals surface area (Å²) in [4.78, 5) is 27.2. The van der Waals surface area contributed by atoms with E-state index in [4.69, 9.17) is 4.65 Å². The van der Waals surface area contributed by atoms with E-state index in [1.54, 1.807) is 30.3 Å². The third-order valence-electron chi connectivity index (χ3n) is 8.10. The molecule has 0 unspecified atom stereocenters. The van der Waals surface area contributed by atoms with Gasteiger partial charge in [-0.3, -0.25) is 9.59 Å². The van der Waals surface area contributed by atoms with Gasteiger partial charge < -0.3 is 14.8 Å². The van der Waals surface area contributed by atoms with Gasteiger partial charge in [0.1, 0.15) is 0 Å². The number of carbonyl (C=O) groups excluding carboxylic acids is 2. The lowest BCUT2D eigenvalue weighted by atomic mass is 9.54. The molecule has 1 fully saturated rings. The Kier molecular flexibility index (Phi) is 7.19. The van der Waals surface area contributed by atoms with E-state index in [0.29, 0.717) is 42.3 Å². The number of hydrogen-bond donors (Lipinski definition) is 2. The van der Waals surface area contributed by atoms with E-state index in [2.05, 4.69) is 6.92 Å². The predicted octanol–water partition coefficient (Wildman–Crippen LogP) is 6.02. The van der Waals surface area contributed by atoms with E-state index in [1.165, 1.54) is 17.7 Å². The Labute approximate surface area is 217 Å². The first-order chi connectivity index (χ1) is 17.8. The lowest BCUT2D eigenvalue weighted by Crippen LogP contribution is -2.50. The van der Waals surface area contributed by atoms with Crippen molar-refractivity contribution >= 4 is 24.8 Å². The van der Waals surface area contributed by atoms with E-state index in [1.807, 2.05) is 13.0 Å². The summed E-state index contributed by atoms with van der Waals surface area (Å²) >= 11 is 0. The molecule has 0 amide bonds. The second-order valence-electron chi connectivity index (χ2n) is 10.6. The molecule has 2 aromatic carbocycles. The fraction of sp³-hybridized carbons (Fsp3) is 0.400. The summed E-state index contributed by atoms with van der Waals surface area (Å²) in [7, 11) is -1.00. The lowest BCUT2D eigenvalue weighted by Gasteiger charge is -2.47. The monoisotopic (exact) mass is 502 g/mol. The van der Waals surface area contributed by atoms with Gasteiger partial charge in [0.15, 0.2) is 23.1 Å². The van der Waals surface area contributed by atoms with Gasteiger partial charge in [-0.05, 0) is 68.1 Å². The van der Waals surface area contributed by atoms with Crippen LogP contribution in [0.5, 0.6) is 5.75 Å². The predicted molar refractivity (Wildman–Crippen MR) is 141 cm³/mol. The van der Waals surface area contributed by atoms with E-state index in [9.17, 15) is 24.1 Å². The topological polar surface area (TPSA) is 83.8 Å². The maximum Gasteiger partial charge on any atom is 0.455 e. The number of ketones is 2. The molecule has 1 heterocycles. The number of hydrogen-bond acceptors (Lipinski definition) is 5. The average Bonchev–Trinajstić information content (AvgIpc) is 2.87. The van der Waals surface area contributed by atoms with Crippen LogP contribution in [0, 0.1) is 23.6 Å². The molecule has 37 heavy (non-hydrogen) atoms. The SMILES string of the molecule is CCCC1=C2[C@@H](CC/C(C)=C/c3ccc(O)c(F)c3)OB(O)C[C@@H]2[C@@H]2C(=O)c3ccccc3C(=O)[C@@H]2C1. The van der Waals surface area contributed by atoms with E-state index < -0.39 is 24.8 Å². The van der Waals surface area contributed by atoms with E-state index in [0.717, 1.165) is 24.0 Å². The number of rotatable bonds is 6. The molecule has 5 rings (SSSR count). The van der Waals surface area contributed by atoms with Gasteiger partial charge in [-0.1, -0.05) is 60.9 Å². The van der Waals surface area contributed by atoms with Gasteiger partial charge in [0.05, 0.1) is 6.10 Å². The lowest BCUT2D eigenvalue weighted by molar-refractivity contribution is 0.0598. The van der Waals surface area contributed by atoms with Crippen LogP contribution in [0.4, 0.5) is 4.39 Å². The Morgan fingerprint density at radius 1 is 1.14 bits per heavy atom. The number of phenolic OH excluding ortho intramolecular Hbond substituents is 1. The first-order valence-corrected chi connectivity index (χ1v) is 13.2. The number of benzene rings is 2. The Balaban J connectivity index is 1.45. The molecular formula is C30H32BFO5. The molecule has 2 aromatic rings. The van der Waals surface area contributed by atoms with Crippen LogP contribution in [0.1, 0.15) is 72.2 Å². The molecule has 0 radical (unpaired) electrons. The maximum absolute atomic E-state index is 13.8. The molecule has 192 valence electrons. The molecule has 2 N–H and O–H groups in total. The van der Waals surface area contributed by atoms with Crippen molar-refractivity contribution in [3.05, 3.63) is 81.7 Å². The van der Waals surface area contributed by atoms with Gasteiger partial charge in [-0.15, -0.1) is 0 Å². The minimum absolute atomic E-state index is 0.00321. The minimum Gasteiger partial charge on any atom is -0.505 e. The number of phenols is 1. The second-order valence-corrected chi connectivity index (χ2v) is 10.6. The molecular weight excluding hydrogens is 470 g/mol. The molecule has 2 aliphatic carbocycles. The van der Waals surface area contributed by atoms with Gasteiger partial charge in [-0.25, -0.2) is 4.39 Å². The molecule has 0 aromatic heterocycles. The summed E-state index contributed by atoms with van der Waals surface area (Å²) in [6.07, 6.45) is 5.39. The third kappa shape index (κ3) is 4.83. The first kappa shape index (κ1) is 25.6. The smallest absolute Gasteiger partial charge is 0.455 e. The van der Waals surface area contributed by atoms with Crippen molar-refractivity contribution in [2.75, 3.05) is 0 Å². The summed E-state index contributed by atoms with van der Waals surface area (Å²) in [5.41, 5.74) is 4.96. The molecule has 0 spiro atoms. The molecule has 7 heteroatoms. The normalized spacial score (nSPS) is 25.6. The van der Waals surface area contributed by atoms with Crippen molar-refractivity contribution in [2.45, 2.75) is 58.4 Å². The third-order valence-corrected chi connectivity index (χ3v) is 8.10. The van der Waals surface area contributed by atoms with Gasteiger partial charge >= 0.3 is 7.12 Å². The van der Waals surface area contributed by atoms with Gasteiger partial charge in [0.2, 0.25) is 0 Å². The number of Topliss-reactive ketones (excluding diaryl/α,β-unsaturated/α-hetero) is 2. The van der Waals surface area contributed by atoms with Crippen molar-refractivity contribution in [1.82, 2.24) is 0 Å². The first-order valence-electron chi connectivity index (χ1n) is 13.2. The molecule has 4 atom stereocenters. The van der Waals surface area contributed by atoms with Crippen molar-refractivity contribution < 1.29 is 28.8 Å². The van der Waals surface area contributed by atoms with Crippen LogP contribution >= 0.6 is 0 Å². The molecule has 3 aliphatic rings. The fourth-order valence-electron chi connectivity index (χ4n) is 6.54. The summed E-state index contributed by atoms with van der Waals surface area (Å²) in [6, 6.07) is 11.4. The van der Waals surface area contributed by atoms with Crippen LogP contribution in [0.3, 0.4) is 0 Å². The zero-order valence-corrected chi connectivity index (χ0v) is 21.2. The van der Waals surface area contributed by atoms with E-state index in [-0.39, 0.29) is 29.3 Å². The molecule has 0 saturated carbocycles. The molecule has 1 aliphatic heterocycles. The summed E-state index contributed by atoms with van der Waals surface area (Å²) in [6.45, 7) is 4.06. The van der Waals surface area contributed by atoms with Gasteiger partial charge in [0.25, 0.3) is 0 Å². The number of allylic oxidation sites excluding steroid dienone is 2. The Morgan fingerprint density at radius 2 is 1.86 bits per heavy atom. The van der Waals surface area contributed by atoms with Crippen LogP contribution in [0.15, 0.2) is 59.2 Å². The van der Waals surface area contributed by atoms with Crippen LogP contribution in [-0.2, 0) is 4.65 Å². The van der Waals surface area contributed by atoms with Gasteiger partial charge in [0, 0.05) is 23.0 Å². The van der Waals surface area contributed by atoms with Crippen LogP contribution < -0.4 is 0 Å². The van der Waals surface area contributed by atoms with Crippen molar-refractivity contribution in [3.8, 4) is 5.75 Å². The van der Waals surface area contributed by atoms with E-state index >= 15 is 0 Å². The van der Waals surface area contributed by atoms with Crippen LogP contribution in [-0.4, -0.2) is 34.9 Å². The quantitative estimate of drug-likeness (QED) is 0.373. The minimum atomic E-state index is -1.00. The summed E-state index contributed by atoms with van der Waals surface area (Å²) < 4.78 is 19.8. The number of halogens is 1. The maximum atomic E-state index is 13.8. The van der Waals surface area contributed by atoms with Crippen molar-refractivity contribution in [3.63, 3.8) is 0 Å². The van der Waals surface area contributed by atoms with Crippen LogP contribution in [0.25, 0.3) is 6.08 Å². The molecule has 5 nitrogen and oxygen atoms in total. The number of carbonyl (C=O) groups is 2. The Hall–Kier alpha value is -3.03. The van der Waals surface area contributed by atoms with Crippen molar-refractivity contribution in [2.24, 2.45) is 17.8 Å². The molecule has 0 bridgehead atoms. The highest BCUT2D eigenvalue weighted by Gasteiger charge is 2.53. The fourth-order valence-corrected chi connectivity index (χ4v) is 6.54. The highest BCUT2D eigenvalue weighted by atomic mass is 19.1. The summed E-state index contributed by atoms with van der Waals surface area (Å²) in [5, 5.41) is 20.1. The largest absolute Gasteiger partial charge is 0.505 e. The van der Waals surface area contributed by atoms with Gasteiger partial charge in [-0.2, -0.15) is 0 Å².